The highest BCUT2D eigenvalue weighted by Gasteiger charge is 2.28. The molecular formula is C22H21FN4O2S2. The molecule has 0 spiro atoms. The maximum absolute atomic E-state index is 13.1. The first kappa shape index (κ1) is 21.5. The highest BCUT2D eigenvalue weighted by Crippen LogP contribution is 2.27. The molecule has 4 rings (SSSR count). The maximum Gasteiger partial charge on any atom is 0.253 e. The van der Waals surface area contributed by atoms with E-state index < -0.39 is 0 Å². The van der Waals surface area contributed by atoms with Gasteiger partial charge in [-0.15, -0.1) is 22.0 Å². The van der Waals surface area contributed by atoms with E-state index in [-0.39, 0.29) is 23.5 Å². The molecule has 2 aromatic carbocycles. The predicted molar refractivity (Wildman–Crippen MR) is 120 cm³/mol. The van der Waals surface area contributed by atoms with Crippen LogP contribution in [-0.2, 0) is 10.5 Å². The first-order chi connectivity index (χ1) is 15.1. The molecule has 2 amide bonds. The number of aromatic nitrogens is 2. The van der Waals surface area contributed by atoms with Crippen molar-refractivity contribution in [1.82, 2.24) is 15.1 Å². The van der Waals surface area contributed by atoms with Crippen LogP contribution in [0, 0.1) is 11.7 Å². The number of hydrogen-bond donors (Lipinski definition) is 1. The van der Waals surface area contributed by atoms with E-state index in [0.29, 0.717) is 42.4 Å². The summed E-state index contributed by atoms with van der Waals surface area (Å²) in [5, 5.41) is 12.5. The van der Waals surface area contributed by atoms with Crippen molar-refractivity contribution in [2.75, 3.05) is 18.4 Å². The van der Waals surface area contributed by atoms with E-state index in [4.69, 9.17) is 0 Å². The molecule has 9 heteroatoms. The molecule has 160 valence electrons. The minimum Gasteiger partial charge on any atom is -0.339 e. The lowest BCUT2D eigenvalue weighted by molar-refractivity contribution is -0.121. The van der Waals surface area contributed by atoms with Gasteiger partial charge < -0.3 is 10.2 Å². The smallest absolute Gasteiger partial charge is 0.253 e. The number of anilines is 1. The number of amides is 2. The van der Waals surface area contributed by atoms with Crippen molar-refractivity contribution >= 4 is 40.0 Å². The van der Waals surface area contributed by atoms with Crippen molar-refractivity contribution in [3.05, 3.63) is 71.0 Å². The summed E-state index contributed by atoms with van der Waals surface area (Å²) in [7, 11) is 0. The van der Waals surface area contributed by atoms with Crippen LogP contribution in [0.2, 0.25) is 0 Å². The van der Waals surface area contributed by atoms with Crippen LogP contribution >= 0.6 is 23.1 Å². The molecule has 1 aromatic heterocycles. The van der Waals surface area contributed by atoms with Gasteiger partial charge in [-0.05, 0) is 49.2 Å². The lowest BCUT2D eigenvalue weighted by atomic mass is 9.95. The molecule has 1 fully saturated rings. The summed E-state index contributed by atoms with van der Waals surface area (Å²) in [6.45, 7) is 0.979. The summed E-state index contributed by atoms with van der Waals surface area (Å²) < 4.78 is 13.1. The minimum atomic E-state index is -0.370. The average Bonchev–Trinajstić information content (AvgIpc) is 3.26. The van der Waals surface area contributed by atoms with Gasteiger partial charge in [0, 0.05) is 29.5 Å². The minimum absolute atomic E-state index is 0.0905. The molecule has 31 heavy (non-hydrogen) atoms. The van der Waals surface area contributed by atoms with Gasteiger partial charge in [0.05, 0.1) is 5.75 Å². The zero-order chi connectivity index (χ0) is 21.6. The monoisotopic (exact) mass is 456 g/mol. The summed E-state index contributed by atoms with van der Waals surface area (Å²) in [4.78, 5) is 28.0. The molecule has 0 atom stereocenters. The Balaban J connectivity index is 1.25. The fraction of sp³-hybridized carbons (Fsp3) is 0.273. The third-order valence-electron chi connectivity index (χ3n) is 5.05. The molecule has 1 saturated heterocycles. The van der Waals surface area contributed by atoms with Gasteiger partial charge in [0.25, 0.3) is 5.91 Å². The van der Waals surface area contributed by atoms with Crippen molar-refractivity contribution in [2.24, 2.45) is 5.92 Å². The Bertz CT molecular complexity index is 1040. The van der Waals surface area contributed by atoms with Crippen LogP contribution < -0.4 is 5.32 Å². The molecule has 1 N–H and O–H groups in total. The van der Waals surface area contributed by atoms with E-state index in [0.717, 1.165) is 9.90 Å². The van der Waals surface area contributed by atoms with Gasteiger partial charge in [0.15, 0.2) is 0 Å². The Morgan fingerprint density at radius 3 is 2.48 bits per heavy atom. The quantitative estimate of drug-likeness (QED) is 0.555. The third kappa shape index (κ3) is 5.68. The van der Waals surface area contributed by atoms with Crippen LogP contribution in [0.25, 0.3) is 0 Å². The van der Waals surface area contributed by atoms with Crippen LogP contribution in [0.5, 0.6) is 0 Å². The number of likely N-dealkylation sites (tertiary alicyclic amines) is 1. The van der Waals surface area contributed by atoms with Gasteiger partial charge in [-0.1, -0.05) is 29.5 Å². The van der Waals surface area contributed by atoms with Crippen LogP contribution in [0.15, 0.2) is 59.5 Å². The third-order valence-corrected chi connectivity index (χ3v) is 7.09. The standard InChI is InChI=1S/C22H21FN4O2S2/c23-17-8-6-16(7-9-17)21(29)27-12-10-15(11-13-27)20(28)24-22-26-25-19(31-22)14-30-18-4-2-1-3-5-18/h1-9,15H,10-14H2,(H,24,26,28). The second-order valence-corrected chi connectivity index (χ2v) is 9.28. The molecule has 0 radical (unpaired) electrons. The molecule has 0 unspecified atom stereocenters. The Morgan fingerprint density at radius 1 is 1.06 bits per heavy atom. The Hall–Kier alpha value is -2.78. The summed E-state index contributed by atoms with van der Waals surface area (Å²) in [5.74, 6) is -0.0777. The number of rotatable bonds is 6. The molecule has 1 aliphatic rings. The predicted octanol–water partition coefficient (Wildman–Crippen LogP) is 4.46. The second kappa shape index (κ2) is 10.0. The van der Waals surface area contributed by atoms with E-state index in [9.17, 15) is 14.0 Å². The number of nitrogens with one attached hydrogen (secondary N) is 1. The Labute approximate surface area is 187 Å². The summed E-state index contributed by atoms with van der Waals surface area (Å²) in [6.07, 6.45) is 1.16. The van der Waals surface area contributed by atoms with Gasteiger partial charge in [0.1, 0.15) is 10.8 Å². The van der Waals surface area contributed by atoms with Gasteiger partial charge >= 0.3 is 0 Å². The largest absolute Gasteiger partial charge is 0.339 e. The van der Waals surface area contributed by atoms with Crippen molar-refractivity contribution in [2.45, 2.75) is 23.5 Å². The van der Waals surface area contributed by atoms with Crippen molar-refractivity contribution in [3.63, 3.8) is 0 Å². The van der Waals surface area contributed by atoms with Crippen LogP contribution in [0.1, 0.15) is 28.2 Å². The lowest BCUT2D eigenvalue weighted by Gasteiger charge is -2.31. The number of carbonyl (C=O) groups is 2. The number of piperidine rings is 1. The van der Waals surface area contributed by atoms with Crippen molar-refractivity contribution < 1.29 is 14.0 Å². The van der Waals surface area contributed by atoms with Gasteiger partial charge in [-0.2, -0.15) is 0 Å². The molecule has 3 aromatic rings. The zero-order valence-electron chi connectivity index (χ0n) is 16.7. The van der Waals surface area contributed by atoms with Crippen LogP contribution in [0.4, 0.5) is 9.52 Å². The number of hydrogen-bond acceptors (Lipinski definition) is 6. The lowest BCUT2D eigenvalue weighted by Crippen LogP contribution is -2.41. The zero-order valence-corrected chi connectivity index (χ0v) is 18.3. The molecule has 2 heterocycles. The first-order valence-electron chi connectivity index (χ1n) is 9.94. The van der Waals surface area contributed by atoms with Crippen LogP contribution in [0.3, 0.4) is 0 Å². The number of thioether (sulfide) groups is 1. The number of halogens is 1. The van der Waals surface area contributed by atoms with Gasteiger partial charge in [0.2, 0.25) is 11.0 Å². The number of benzene rings is 2. The second-order valence-electron chi connectivity index (χ2n) is 7.17. The highest BCUT2D eigenvalue weighted by molar-refractivity contribution is 7.98. The highest BCUT2D eigenvalue weighted by atomic mass is 32.2. The van der Waals surface area contributed by atoms with E-state index >= 15 is 0 Å². The topological polar surface area (TPSA) is 75.2 Å². The molecule has 1 aliphatic heterocycles. The summed E-state index contributed by atoms with van der Waals surface area (Å²) >= 11 is 3.05. The summed E-state index contributed by atoms with van der Waals surface area (Å²) in [6, 6.07) is 15.6. The fourth-order valence-corrected chi connectivity index (χ4v) is 5.00. The Morgan fingerprint density at radius 2 is 1.77 bits per heavy atom. The number of carbonyl (C=O) groups excluding carboxylic acids is 2. The van der Waals surface area contributed by atoms with E-state index in [1.165, 1.54) is 35.6 Å². The first-order valence-corrected chi connectivity index (χ1v) is 11.7. The summed E-state index contributed by atoms with van der Waals surface area (Å²) in [5.41, 5.74) is 0.457. The SMILES string of the molecule is O=C(Nc1nnc(CSc2ccccc2)s1)C1CCN(C(=O)c2ccc(F)cc2)CC1. The maximum atomic E-state index is 13.1. The van der Waals surface area contributed by atoms with Crippen molar-refractivity contribution in [3.8, 4) is 0 Å². The molecule has 6 nitrogen and oxygen atoms in total. The molecule has 0 aliphatic carbocycles. The molecular weight excluding hydrogens is 435 g/mol. The van der Waals surface area contributed by atoms with E-state index in [1.807, 2.05) is 30.3 Å². The average molecular weight is 457 g/mol. The fourth-order valence-electron chi connectivity index (χ4n) is 3.35. The van der Waals surface area contributed by atoms with Crippen LogP contribution in [-0.4, -0.2) is 40.0 Å². The molecule has 0 saturated carbocycles. The van der Waals surface area contributed by atoms with Crippen molar-refractivity contribution in [1.29, 1.82) is 0 Å². The van der Waals surface area contributed by atoms with Gasteiger partial charge in [-0.3, -0.25) is 9.59 Å². The molecule has 0 bridgehead atoms. The van der Waals surface area contributed by atoms with E-state index in [2.05, 4.69) is 15.5 Å². The van der Waals surface area contributed by atoms with E-state index in [1.54, 1.807) is 16.7 Å². The Kier molecular flexibility index (Phi) is 6.93. The van der Waals surface area contributed by atoms with Gasteiger partial charge in [-0.25, -0.2) is 4.39 Å². The normalized spacial score (nSPS) is 14.4. The number of nitrogens with zero attached hydrogens (tertiary/aromatic N) is 3.